The summed E-state index contributed by atoms with van der Waals surface area (Å²) in [6.07, 6.45) is 0.502. The summed E-state index contributed by atoms with van der Waals surface area (Å²) in [6, 6.07) is 38.8. The first-order valence-corrected chi connectivity index (χ1v) is 27.0. The third kappa shape index (κ3) is 9.17. The Labute approximate surface area is 362 Å². The van der Waals surface area contributed by atoms with Crippen molar-refractivity contribution in [2.75, 3.05) is 0 Å². The second-order valence-electron chi connectivity index (χ2n) is 17.2. The summed E-state index contributed by atoms with van der Waals surface area (Å²) in [4.78, 5) is 9.67. The Morgan fingerprint density at radius 3 is 2.05 bits per heavy atom. The minimum absolute atomic E-state index is 0. The molecule has 301 valence electrons. The van der Waals surface area contributed by atoms with Gasteiger partial charge in [0.15, 0.2) is 11.5 Å². The smallest absolute Gasteiger partial charge is 0 e. The van der Waals surface area contributed by atoms with E-state index in [0.717, 1.165) is 49.1 Å². The molecule has 0 saturated heterocycles. The van der Waals surface area contributed by atoms with E-state index < -0.39 is 25.1 Å². The normalized spacial score (nSPS) is 13.0. The van der Waals surface area contributed by atoms with Crippen LogP contribution in [0.25, 0.3) is 39.4 Å². The number of benzene rings is 5. The van der Waals surface area contributed by atoms with E-state index in [2.05, 4.69) is 66.6 Å². The van der Waals surface area contributed by atoms with Gasteiger partial charge in [0.25, 0.3) is 0 Å². The van der Waals surface area contributed by atoms with Crippen LogP contribution in [0, 0.1) is 23.4 Å². The van der Waals surface area contributed by atoms with E-state index in [4.69, 9.17) is 17.2 Å². The van der Waals surface area contributed by atoms with Crippen LogP contribution in [0.1, 0.15) is 79.7 Å². The minimum Gasteiger partial charge on any atom is 0 e. The van der Waals surface area contributed by atoms with Crippen molar-refractivity contribution < 1.29 is 36.7 Å². The number of aromatic nitrogens is 3. The molecule has 1 aliphatic heterocycles. The third-order valence-electron chi connectivity index (χ3n) is 9.79. The second kappa shape index (κ2) is 17.3. The molecule has 8 heteroatoms. The van der Waals surface area contributed by atoms with Gasteiger partial charge < -0.3 is 14.0 Å². The number of fused-ring (bicyclic) bond motifs is 3. The molecule has 0 bridgehead atoms. The number of rotatable bonds is 7. The van der Waals surface area contributed by atoms with Gasteiger partial charge in [0.1, 0.15) is 5.82 Å². The van der Waals surface area contributed by atoms with Crippen molar-refractivity contribution in [3.8, 4) is 51.3 Å². The molecule has 0 atom stereocenters. The third-order valence-corrected chi connectivity index (χ3v) is 14.0. The van der Waals surface area contributed by atoms with Crippen molar-refractivity contribution in [2.24, 2.45) is 5.41 Å². The monoisotopic (exact) mass is 1010 g/mol. The number of ether oxygens (including phenoxy) is 2. The fraction of sp³-hybridized carbons (Fsp3) is 0.280. The molecule has 0 amide bonds. The Kier molecular flexibility index (Phi) is 12.0. The molecule has 0 saturated carbocycles. The average molecular weight is 1010 g/mol. The quantitative estimate of drug-likeness (QED) is 0.118. The van der Waals surface area contributed by atoms with Crippen LogP contribution in [0.15, 0.2) is 109 Å². The van der Waals surface area contributed by atoms with E-state index in [1.807, 2.05) is 118 Å². The molecule has 8 rings (SSSR count). The van der Waals surface area contributed by atoms with Gasteiger partial charge in [-0.25, -0.2) is 4.39 Å². The number of pyridine rings is 1. The first-order valence-electron chi connectivity index (χ1n) is 20.7. The van der Waals surface area contributed by atoms with Crippen LogP contribution >= 0.6 is 0 Å². The summed E-state index contributed by atoms with van der Waals surface area (Å²) in [5.74, 6) is 9.97. The van der Waals surface area contributed by atoms with Gasteiger partial charge in [-0.3, -0.25) is 4.98 Å². The number of hydrogen-bond donors (Lipinski definition) is 0. The number of hydrogen-bond acceptors (Lipinski definition) is 4. The number of para-hydroxylation sites is 4. The Morgan fingerprint density at radius 2 is 1.43 bits per heavy atom. The molecule has 5 aromatic carbocycles. The Bertz CT molecular complexity index is 2620. The molecule has 7 aromatic rings. The Morgan fingerprint density at radius 1 is 0.793 bits per heavy atom. The summed E-state index contributed by atoms with van der Waals surface area (Å²) in [7, 11) is 0. The molecular formula is C50H52FGeIrN3O2-2. The van der Waals surface area contributed by atoms with Gasteiger partial charge in [-0.1, -0.05) is 63.6 Å². The van der Waals surface area contributed by atoms with Gasteiger partial charge >= 0.3 is 135 Å². The van der Waals surface area contributed by atoms with Gasteiger partial charge in [0.2, 0.25) is 0 Å². The summed E-state index contributed by atoms with van der Waals surface area (Å²) in [5, 5.41) is 0. The maximum Gasteiger partial charge on any atom is 0 e. The fourth-order valence-corrected chi connectivity index (χ4v) is 10.0. The second-order valence-corrected chi connectivity index (χ2v) is 27.8. The van der Waals surface area contributed by atoms with Crippen LogP contribution in [-0.2, 0) is 26.5 Å². The number of nitrogens with zero attached hydrogens (tertiary/aromatic N) is 3. The van der Waals surface area contributed by atoms with Gasteiger partial charge in [-0.2, -0.15) is 0 Å². The predicted octanol–water partition coefficient (Wildman–Crippen LogP) is 13.5. The van der Waals surface area contributed by atoms with Crippen molar-refractivity contribution in [3.05, 3.63) is 144 Å². The first-order chi connectivity index (χ1) is 27.9. The van der Waals surface area contributed by atoms with Gasteiger partial charge in [-0.05, 0) is 59.4 Å². The Balaban J connectivity index is 0.000000219. The average Bonchev–Trinajstić information content (AvgIpc) is 3.58. The molecule has 58 heavy (non-hydrogen) atoms. The van der Waals surface area contributed by atoms with E-state index in [9.17, 15) is 4.39 Å². The standard InChI is InChI=1S/C31H26FN2O2.C19H26GeN.Ir/c1-18(2)22-16-20(32)17-23(19(3)4)29(22)34-25-12-6-5-11-24(25)33-31(34)21-10-9-15-28-30(21)36-27-14-8-7-13-26(27)35-28;1-19(2,3)13-16-12-18(15-10-8-7-9-11-15)21-14-17(16)20(4,5)6;/h5-9,11-19H,1-4H3;7-10,12,14H,13H2,1-6H3;/q2*-1;/i;13D2;. The van der Waals surface area contributed by atoms with E-state index in [0.29, 0.717) is 34.4 Å². The molecule has 0 N–H and O–H groups in total. The molecule has 5 nitrogen and oxygen atoms in total. The van der Waals surface area contributed by atoms with Crippen LogP contribution in [0.3, 0.4) is 0 Å². The summed E-state index contributed by atoms with van der Waals surface area (Å²) in [6.45, 7) is 14.2. The zero-order valence-electron chi connectivity index (χ0n) is 36.9. The van der Waals surface area contributed by atoms with Crippen LogP contribution in [0.4, 0.5) is 4.39 Å². The van der Waals surface area contributed by atoms with Gasteiger partial charge in [-0.15, -0.1) is 12.1 Å². The predicted molar refractivity (Wildman–Crippen MR) is 235 cm³/mol. The Hall–Kier alpha value is -4.56. The fourth-order valence-electron chi connectivity index (χ4n) is 7.12. The summed E-state index contributed by atoms with van der Waals surface area (Å²) >= 11 is -2.24. The molecular weight excluding hydrogens is 958 g/mol. The summed E-state index contributed by atoms with van der Waals surface area (Å²) < 4.78 is 48.1. The maximum atomic E-state index is 14.8. The van der Waals surface area contributed by atoms with Crippen LogP contribution in [0.2, 0.25) is 17.3 Å². The van der Waals surface area contributed by atoms with E-state index in [1.165, 1.54) is 0 Å². The van der Waals surface area contributed by atoms with Crippen LogP contribution < -0.4 is 13.9 Å². The zero-order chi connectivity index (χ0) is 42.4. The molecule has 1 radical (unpaired) electrons. The largest absolute Gasteiger partial charge is 0 e. The molecule has 3 heterocycles. The zero-order valence-corrected chi connectivity index (χ0v) is 39.4. The minimum atomic E-state index is -2.24. The van der Waals surface area contributed by atoms with Crippen LogP contribution in [-0.4, -0.2) is 27.8 Å². The number of halogens is 1. The molecule has 0 aliphatic carbocycles. The van der Waals surface area contributed by atoms with E-state index >= 15 is 0 Å². The topological polar surface area (TPSA) is 49.2 Å². The molecule has 0 spiro atoms. The van der Waals surface area contributed by atoms with Gasteiger partial charge in [0, 0.05) is 25.8 Å². The SMILES string of the molecule is CC(C)c1cc(F)cc(C(C)C)c1-n1c(-c2[c-]ccc3c2Oc2ccccc2O3)nc2ccccc21.[2H]C([2H])(c1cc(-c2[c-]cccc2)nc[c]1[Ge]([CH3])([CH3])[CH3])C(C)(C)C.[Ir]. The molecule has 1 aliphatic rings. The first kappa shape index (κ1) is 40.2. The van der Waals surface area contributed by atoms with Gasteiger partial charge in [0.05, 0.1) is 28.4 Å². The maximum absolute atomic E-state index is 14.8. The van der Waals surface area contributed by atoms with Crippen molar-refractivity contribution in [1.29, 1.82) is 0 Å². The molecule has 2 aromatic heterocycles. The number of imidazole rings is 1. The van der Waals surface area contributed by atoms with Crippen molar-refractivity contribution >= 4 is 28.7 Å². The van der Waals surface area contributed by atoms with Crippen molar-refractivity contribution in [1.82, 2.24) is 14.5 Å². The molecule has 0 fully saturated rings. The van der Waals surface area contributed by atoms with E-state index in [1.54, 1.807) is 12.1 Å². The van der Waals surface area contributed by atoms with Crippen molar-refractivity contribution in [3.63, 3.8) is 0 Å². The molecule has 0 unspecified atom stereocenters. The van der Waals surface area contributed by atoms with Crippen molar-refractivity contribution in [2.45, 2.75) is 83.9 Å². The summed E-state index contributed by atoms with van der Waals surface area (Å²) in [5.41, 5.74) is 7.30. The van der Waals surface area contributed by atoms with E-state index in [-0.39, 0.29) is 37.8 Å². The van der Waals surface area contributed by atoms with Crippen LogP contribution in [0.5, 0.6) is 23.0 Å².